The van der Waals surface area contributed by atoms with Crippen molar-refractivity contribution in [3.63, 3.8) is 0 Å². The van der Waals surface area contributed by atoms with Crippen molar-refractivity contribution in [1.29, 1.82) is 0 Å². The molecule has 0 aliphatic heterocycles. The Kier molecular flexibility index (Phi) is 7.17. The molecule has 1 amide bonds. The van der Waals surface area contributed by atoms with Gasteiger partial charge < -0.3 is 14.5 Å². The van der Waals surface area contributed by atoms with E-state index in [-0.39, 0.29) is 11.9 Å². The van der Waals surface area contributed by atoms with Crippen LogP contribution in [0.3, 0.4) is 0 Å². The fourth-order valence-corrected chi connectivity index (χ4v) is 3.37. The molecule has 0 spiro atoms. The van der Waals surface area contributed by atoms with Crippen molar-refractivity contribution < 1.29 is 13.9 Å². The summed E-state index contributed by atoms with van der Waals surface area (Å²) < 4.78 is 10.6. The summed E-state index contributed by atoms with van der Waals surface area (Å²) in [5.41, 5.74) is 0.383. The van der Waals surface area contributed by atoms with Gasteiger partial charge in [-0.1, -0.05) is 37.0 Å². The summed E-state index contributed by atoms with van der Waals surface area (Å²) in [6, 6.07) is 6.80. The zero-order valence-corrected chi connectivity index (χ0v) is 16.0. The van der Waals surface area contributed by atoms with Crippen LogP contribution < -0.4 is 10.1 Å². The Hall–Kier alpha value is -1.69. The van der Waals surface area contributed by atoms with Gasteiger partial charge in [0, 0.05) is 12.1 Å². The first-order valence-electron chi connectivity index (χ1n) is 8.10. The van der Waals surface area contributed by atoms with Crippen molar-refractivity contribution in [2.24, 2.45) is 0 Å². The van der Waals surface area contributed by atoms with Gasteiger partial charge in [0.2, 0.25) is 0 Å². The van der Waals surface area contributed by atoms with Crippen LogP contribution in [0.4, 0.5) is 0 Å². The van der Waals surface area contributed by atoms with Crippen LogP contribution in [0.2, 0.25) is 10.0 Å². The van der Waals surface area contributed by atoms with Gasteiger partial charge >= 0.3 is 0 Å². The van der Waals surface area contributed by atoms with E-state index >= 15 is 0 Å². The number of carbonyl (C=O) groups is 1. The van der Waals surface area contributed by atoms with Gasteiger partial charge in [-0.25, -0.2) is 0 Å². The van der Waals surface area contributed by atoms with Gasteiger partial charge in [0.15, 0.2) is 5.75 Å². The third-order valence-corrected chi connectivity index (χ3v) is 4.61. The average Bonchev–Trinajstić information content (AvgIpc) is 3.12. The topological polar surface area (TPSA) is 54.7 Å². The van der Waals surface area contributed by atoms with Crippen LogP contribution in [0.15, 0.2) is 34.9 Å². The second kappa shape index (κ2) is 9.13. The minimum atomic E-state index is -0.254. The Bertz CT molecular complexity index is 677. The van der Waals surface area contributed by atoms with Gasteiger partial charge in [-0.3, -0.25) is 9.69 Å². The van der Waals surface area contributed by atoms with E-state index in [1.54, 1.807) is 18.4 Å². The maximum absolute atomic E-state index is 12.5. The van der Waals surface area contributed by atoms with Gasteiger partial charge in [0.05, 0.1) is 29.5 Å². The molecule has 1 N–H and O–H groups in total. The first-order valence-corrected chi connectivity index (χ1v) is 8.86. The summed E-state index contributed by atoms with van der Waals surface area (Å²) in [4.78, 5) is 14.7. The SMILES string of the molecule is CCN(CC)C(CNC(=O)c1cc(Cl)c(OC)c(Cl)c1)c1ccco1. The molecule has 0 bridgehead atoms. The smallest absolute Gasteiger partial charge is 0.251 e. The van der Waals surface area contributed by atoms with Crippen molar-refractivity contribution in [2.45, 2.75) is 19.9 Å². The number of amides is 1. The quantitative estimate of drug-likeness (QED) is 0.732. The second-order valence-electron chi connectivity index (χ2n) is 5.44. The van der Waals surface area contributed by atoms with Crippen LogP contribution in [-0.2, 0) is 0 Å². The van der Waals surface area contributed by atoms with E-state index < -0.39 is 0 Å². The Morgan fingerprint density at radius 3 is 2.40 bits per heavy atom. The standard InChI is InChI=1S/C18H22Cl2N2O3/c1-4-22(5-2)15(16-7-6-8-25-16)11-21-18(23)12-9-13(19)17(24-3)14(20)10-12/h6-10,15H,4-5,11H2,1-3H3,(H,21,23). The first-order chi connectivity index (χ1) is 12.0. The average molecular weight is 385 g/mol. The molecule has 2 aromatic rings. The third-order valence-electron chi connectivity index (χ3n) is 4.05. The van der Waals surface area contributed by atoms with Gasteiger partial charge in [-0.05, 0) is 37.4 Å². The number of rotatable bonds is 8. The van der Waals surface area contributed by atoms with Crippen LogP contribution in [-0.4, -0.2) is 37.6 Å². The number of carbonyl (C=O) groups excluding carboxylic acids is 1. The molecule has 5 nitrogen and oxygen atoms in total. The number of benzene rings is 1. The Labute approximate surface area is 157 Å². The van der Waals surface area contributed by atoms with Crippen LogP contribution >= 0.6 is 23.2 Å². The van der Waals surface area contributed by atoms with E-state index in [9.17, 15) is 4.79 Å². The monoisotopic (exact) mass is 384 g/mol. The highest BCUT2D eigenvalue weighted by Gasteiger charge is 2.22. The molecule has 0 saturated carbocycles. The predicted octanol–water partition coefficient (Wildman–Crippen LogP) is 4.41. The van der Waals surface area contributed by atoms with Gasteiger partial charge in [-0.15, -0.1) is 0 Å². The summed E-state index contributed by atoms with van der Waals surface area (Å²) in [7, 11) is 1.48. The summed E-state index contributed by atoms with van der Waals surface area (Å²) in [6.07, 6.45) is 1.64. The van der Waals surface area contributed by atoms with E-state index in [0.29, 0.717) is 27.9 Å². The normalized spacial score (nSPS) is 12.2. The Balaban J connectivity index is 2.13. The van der Waals surface area contributed by atoms with Crippen LogP contribution in [0.25, 0.3) is 0 Å². The minimum absolute atomic E-state index is 0.0434. The number of ether oxygens (including phenoxy) is 1. The van der Waals surface area contributed by atoms with E-state index in [0.717, 1.165) is 18.8 Å². The Morgan fingerprint density at radius 1 is 1.28 bits per heavy atom. The van der Waals surface area contributed by atoms with Crippen molar-refractivity contribution in [2.75, 3.05) is 26.7 Å². The molecule has 25 heavy (non-hydrogen) atoms. The molecular formula is C18H22Cl2N2O3. The number of nitrogens with one attached hydrogen (secondary N) is 1. The molecule has 0 radical (unpaired) electrons. The van der Waals surface area contributed by atoms with E-state index in [4.69, 9.17) is 32.4 Å². The summed E-state index contributed by atoms with van der Waals surface area (Å²) in [5.74, 6) is 0.918. The lowest BCUT2D eigenvalue weighted by molar-refractivity contribution is 0.0929. The van der Waals surface area contributed by atoms with Crippen LogP contribution in [0.1, 0.15) is 36.0 Å². The number of hydrogen-bond acceptors (Lipinski definition) is 4. The molecule has 2 rings (SSSR count). The number of furan rings is 1. The molecule has 1 atom stereocenters. The number of methoxy groups -OCH3 is 1. The lowest BCUT2D eigenvalue weighted by Crippen LogP contribution is -2.37. The Morgan fingerprint density at radius 2 is 1.92 bits per heavy atom. The van der Waals surface area contributed by atoms with Gasteiger partial charge in [-0.2, -0.15) is 0 Å². The lowest BCUT2D eigenvalue weighted by Gasteiger charge is -2.28. The third kappa shape index (κ3) is 4.69. The minimum Gasteiger partial charge on any atom is -0.494 e. The molecule has 1 aromatic heterocycles. The van der Waals surface area contributed by atoms with Gasteiger partial charge in [0.25, 0.3) is 5.91 Å². The van der Waals surface area contributed by atoms with E-state index in [2.05, 4.69) is 24.1 Å². The maximum atomic E-state index is 12.5. The molecule has 0 aliphatic carbocycles. The van der Waals surface area contributed by atoms with Crippen molar-refractivity contribution in [3.8, 4) is 5.75 Å². The van der Waals surface area contributed by atoms with Crippen LogP contribution in [0, 0.1) is 0 Å². The summed E-state index contributed by atoms with van der Waals surface area (Å²) in [5, 5.41) is 3.52. The zero-order valence-electron chi connectivity index (χ0n) is 14.5. The lowest BCUT2D eigenvalue weighted by atomic mass is 10.1. The van der Waals surface area contributed by atoms with Crippen molar-refractivity contribution >= 4 is 29.1 Å². The molecule has 0 aliphatic rings. The molecule has 136 valence electrons. The largest absolute Gasteiger partial charge is 0.494 e. The molecular weight excluding hydrogens is 363 g/mol. The fourth-order valence-electron chi connectivity index (χ4n) is 2.73. The molecule has 1 aromatic carbocycles. The molecule has 7 heteroatoms. The highest BCUT2D eigenvalue weighted by Crippen LogP contribution is 2.33. The molecule has 1 heterocycles. The fraction of sp³-hybridized carbons (Fsp3) is 0.389. The highest BCUT2D eigenvalue weighted by atomic mass is 35.5. The molecule has 0 fully saturated rings. The van der Waals surface area contributed by atoms with Crippen molar-refractivity contribution in [1.82, 2.24) is 10.2 Å². The van der Waals surface area contributed by atoms with Crippen molar-refractivity contribution in [3.05, 3.63) is 51.9 Å². The first kappa shape index (κ1) is 19.6. The van der Waals surface area contributed by atoms with Crippen LogP contribution in [0.5, 0.6) is 5.75 Å². The number of hydrogen-bond donors (Lipinski definition) is 1. The summed E-state index contributed by atoms with van der Waals surface area (Å²) >= 11 is 12.2. The van der Waals surface area contributed by atoms with Gasteiger partial charge in [0.1, 0.15) is 5.76 Å². The summed E-state index contributed by atoms with van der Waals surface area (Å²) in [6.45, 7) is 6.25. The number of nitrogens with zero attached hydrogens (tertiary/aromatic N) is 1. The number of likely N-dealkylation sites (N-methyl/N-ethyl adjacent to an activating group) is 1. The zero-order chi connectivity index (χ0) is 18.4. The highest BCUT2D eigenvalue weighted by molar-refractivity contribution is 6.37. The number of halogens is 2. The second-order valence-corrected chi connectivity index (χ2v) is 6.25. The molecule has 0 saturated heterocycles. The molecule has 1 unspecified atom stereocenters. The van der Waals surface area contributed by atoms with E-state index in [1.807, 2.05) is 12.1 Å². The maximum Gasteiger partial charge on any atom is 0.251 e. The van der Waals surface area contributed by atoms with E-state index in [1.165, 1.54) is 7.11 Å². The predicted molar refractivity (Wildman–Crippen MR) is 99.7 cm³/mol.